The third kappa shape index (κ3) is 1.05. The van der Waals surface area contributed by atoms with Gasteiger partial charge in [0.1, 0.15) is 11.9 Å². The minimum atomic E-state index is -0.751. The summed E-state index contributed by atoms with van der Waals surface area (Å²) in [6.07, 6.45) is 1.46. The second-order valence-electron chi connectivity index (χ2n) is 3.46. The van der Waals surface area contributed by atoms with E-state index < -0.39 is 12.0 Å². The minimum Gasteiger partial charge on any atom is -0.480 e. The molecule has 0 aliphatic carbocycles. The minimum absolute atomic E-state index is 0.392. The van der Waals surface area contributed by atoms with Crippen LogP contribution in [0.2, 0.25) is 0 Å². The first-order chi connectivity index (χ1) is 6.11. The van der Waals surface area contributed by atoms with E-state index in [1.54, 1.807) is 0 Å². The predicted molar refractivity (Wildman–Crippen MR) is 46.7 cm³/mol. The molecular weight excluding hydrogens is 168 g/mol. The zero-order chi connectivity index (χ0) is 9.59. The fourth-order valence-electron chi connectivity index (χ4n) is 1.92. The number of aliphatic carboxylic acids is 1. The molecule has 2 heterocycles. The molecule has 1 aliphatic rings. The zero-order valence-corrected chi connectivity index (χ0v) is 7.74. The Morgan fingerprint density at radius 2 is 2.31 bits per heavy atom. The molecule has 70 valence electrons. The van der Waals surface area contributed by atoms with E-state index in [-0.39, 0.29) is 0 Å². The molecule has 1 aromatic heterocycles. The summed E-state index contributed by atoms with van der Waals surface area (Å²) >= 11 is 0. The topological polar surface area (TPSA) is 55.1 Å². The lowest BCUT2D eigenvalue weighted by Gasteiger charge is -2.09. The number of imidazole rings is 1. The number of carboxylic acid groups (broad SMARTS) is 1. The second-order valence-corrected chi connectivity index (χ2v) is 3.46. The number of hydrogen-bond acceptors (Lipinski definition) is 2. The van der Waals surface area contributed by atoms with Crippen LogP contribution in [0.5, 0.6) is 0 Å². The van der Waals surface area contributed by atoms with Gasteiger partial charge in [-0.2, -0.15) is 0 Å². The number of nitrogens with zero attached hydrogens (tertiary/aromatic N) is 2. The van der Waals surface area contributed by atoms with Crippen molar-refractivity contribution in [1.29, 1.82) is 0 Å². The van der Waals surface area contributed by atoms with E-state index in [1.165, 1.54) is 0 Å². The standard InChI is InChI=1S/C9H12N2O2/c1-5-6(2)11-7(9(12)13)3-4-8(11)10-5/h7H,3-4H2,1-2H3,(H,12,13). The maximum atomic E-state index is 10.9. The van der Waals surface area contributed by atoms with Crippen LogP contribution < -0.4 is 0 Å². The van der Waals surface area contributed by atoms with Crippen LogP contribution in [0.1, 0.15) is 29.7 Å². The van der Waals surface area contributed by atoms with Gasteiger partial charge in [0.2, 0.25) is 0 Å². The normalized spacial score (nSPS) is 20.3. The molecule has 0 amide bonds. The first-order valence-corrected chi connectivity index (χ1v) is 4.38. The van der Waals surface area contributed by atoms with E-state index in [2.05, 4.69) is 4.98 Å². The van der Waals surface area contributed by atoms with Crippen molar-refractivity contribution in [2.45, 2.75) is 32.7 Å². The van der Waals surface area contributed by atoms with Crippen molar-refractivity contribution >= 4 is 5.97 Å². The summed E-state index contributed by atoms with van der Waals surface area (Å²) in [6, 6.07) is -0.392. The molecule has 0 saturated heterocycles. The van der Waals surface area contributed by atoms with Gasteiger partial charge in [-0.3, -0.25) is 0 Å². The zero-order valence-electron chi connectivity index (χ0n) is 7.74. The molecule has 0 radical (unpaired) electrons. The van der Waals surface area contributed by atoms with Crippen LogP contribution in [0.25, 0.3) is 0 Å². The number of rotatable bonds is 1. The van der Waals surface area contributed by atoms with Gasteiger partial charge < -0.3 is 9.67 Å². The van der Waals surface area contributed by atoms with Crippen molar-refractivity contribution in [1.82, 2.24) is 9.55 Å². The van der Waals surface area contributed by atoms with Crippen LogP contribution in [0.3, 0.4) is 0 Å². The number of aromatic nitrogens is 2. The van der Waals surface area contributed by atoms with Gasteiger partial charge in [0.15, 0.2) is 0 Å². The molecule has 4 heteroatoms. The Morgan fingerprint density at radius 3 is 2.92 bits per heavy atom. The summed E-state index contributed by atoms with van der Waals surface area (Å²) in [7, 11) is 0. The Kier molecular flexibility index (Phi) is 1.65. The highest BCUT2D eigenvalue weighted by atomic mass is 16.4. The summed E-state index contributed by atoms with van der Waals surface area (Å²) in [5.41, 5.74) is 1.93. The smallest absolute Gasteiger partial charge is 0.326 e. The molecule has 0 saturated carbocycles. The molecule has 0 spiro atoms. The monoisotopic (exact) mass is 180 g/mol. The molecule has 4 nitrogen and oxygen atoms in total. The van der Waals surface area contributed by atoms with Crippen LogP contribution in [-0.4, -0.2) is 20.6 Å². The van der Waals surface area contributed by atoms with Crippen molar-refractivity contribution in [3.63, 3.8) is 0 Å². The highest BCUT2D eigenvalue weighted by molar-refractivity contribution is 5.72. The van der Waals surface area contributed by atoms with Gasteiger partial charge in [0.05, 0.1) is 5.69 Å². The van der Waals surface area contributed by atoms with Gasteiger partial charge in [-0.05, 0) is 20.3 Å². The highest BCUT2D eigenvalue weighted by Crippen LogP contribution is 2.28. The summed E-state index contributed by atoms with van der Waals surface area (Å²) in [4.78, 5) is 15.2. The molecule has 1 unspecified atom stereocenters. The van der Waals surface area contributed by atoms with Crippen molar-refractivity contribution in [2.75, 3.05) is 0 Å². The summed E-state index contributed by atoms with van der Waals surface area (Å²) in [5, 5.41) is 8.95. The molecule has 1 aliphatic heterocycles. The second kappa shape index (κ2) is 2.58. The van der Waals surface area contributed by atoms with Gasteiger partial charge >= 0.3 is 5.97 Å². The molecule has 0 bridgehead atoms. The maximum absolute atomic E-state index is 10.9. The van der Waals surface area contributed by atoms with Crippen molar-refractivity contribution in [3.8, 4) is 0 Å². The van der Waals surface area contributed by atoms with Crippen molar-refractivity contribution < 1.29 is 9.90 Å². The lowest BCUT2D eigenvalue weighted by molar-refractivity contribution is -0.140. The van der Waals surface area contributed by atoms with Crippen molar-refractivity contribution in [3.05, 3.63) is 17.2 Å². The van der Waals surface area contributed by atoms with Gasteiger partial charge in [0.25, 0.3) is 0 Å². The van der Waals surface area contributed by atoms with E-state index in [9.17, 15) is 4.79 Å². The number of carbonyl (C=O) groups is 1. The van der Waals surface area contributed by atoms with E-state index >= 15 is 0 Å². The fraction of sp³-hybridized carbons (Fsp3) is 0.556. The van der Waals surface area contributed by atoms with Gasteiger partial charge in [-0.25, -0.2) is 9.78 Å². The van der Waals surface area contributed by atoms with Crippen LogP contribution in [-0.2, 0) is 11.2 Å². The summed E-state index contributed by atoms with van der Waals surface area (Å²) in [5.74, 6) is 0.168. The molecule has 13 heavy (non-hydrogen) atoms. The predicted octanol–water partition coefficient (Wildman–Crippen LogP) is 1.07. The quantitative estimate of drug-likeness (QED) is 0.703. The Bertz CT molecular complexity index is 368. The molecule has 0 fully saturated rings. The average molecular weight is 180 g/mol. The number of aryl methyl sites for hydroxylation is 2. The SMILES string of the molecule is Cc1nc2n(c1C)C(C(=O)O)CC2. The van der Waals surface area contributed by atoms with E-state index in [1.807, 2.05) is 18.4 Å². The van der Waals surface area contributed by atoms with E-state index in [0.717, 1.165) is 23.6 Å². The highest BCUT2D eigenvalue weighted by Gasteiger charge is 2.30. The van der Waals surface area contributed by atoms with Gasteiger partial charge in [0, 0.05) is 12.1 Å². The van der Waals surface area contributed by atoms with Crippen LogP contribution >= 0.6 is 0 Å². The summed E-state index contributed by atoms with van der Waals surface area (Å²) in [6.45, 7) is 3.84. The molecule has 0 aromatic carbocycles. The Balaban J connectivity index is 2.51. The fourth-order valence-corrected chi connectivity index (χ4v) is 1.92. The Labute approximate surface area is 76.2 Å². The first kappa shape index (κ1) is 8.29. The lowest BCUT2D eigenvalue weighted by atomic mass is 10.2. The third-order valence-electron chi connectivity index (χ3n) is 2.70. The lowest BCUT2D eigenvalue weighted by Crippen LogP contribution is -2.16. The third-order valence-corrected chi connectivity index (χ3v) is 2.70. The van der Waals surface area contributed by atoms with Crippen LogP contribution in [0, 0.1) is 13.8 Å². The molecule has 2 rings (SSSR count). The first-order valence-electron chi connectivity index (χ1n) is 4.38. The van der Waals surface area contributed by atoms with Gasteiger partial charge in [-0.15, -0.1) is 0 Å². The van der Waals surface area contributed by atoms with Crippen LogP contribution in [0.15, 0.2) is 0 Å². The van der Waals surface area contributed by atoms with Crippen LogP contribution in [0.4, 0.5) is 0 Å². The summed E-state index contributed by atoms with van der Waals surface area (Å²) < 4.78 is 1.84. The molecule has 1 N–H and O–H groups in total. The largest absolute Gasteiger partial charge is 0.480 e. The number of fused-ring (bicyclic) bond motifs is 1. The molecule has 1 aromatic rings. The van der Waals surface area contributed by atoms with E-state index in [0.29, 0.717) is 6.42 Å². The number of carboxylic acids is 1. The Morgan fingerprint density at radius 1 is 1.62 bits per heavy atom. The molecular formula is C9H12N2O2. The molecule has 1 atom stereocenters. The number of hydrogen-bond donors (Lipinski definition) is 1. The van der Waals surface area contributed by atoms with Gasteiger partial charge in [-0.1, -0.05) is 0 Å². The maximum Gasteiger partial charge on any atom is 0.326 e. The van der Waals surface area contributed by atoms with Crippen molar-refractivity contribution in [2.24, 2.45) is 0 Å². The Hall–Kier alpha value is -1.32. The van der Waals surface area contributed by atoms with E-state index in [4.69, 9.17) is 5.11 Å². The average Bonchev–Trinajstić information content (AvgIpc) is 2.55.